The van der Waals surface area contributed by atoms with E-state index in [4.69, 9.17) is 14.2 Å². The topological polar surface area (TPSA) is 108 Å². The van der Waals surface area contributed by atoms with Gasteiger partial charge in [-0.1, -0.05) is 18.2 Å². The van der Waals surface area contributed by atoms with Gasteiger partial charge in [0.1, 0.15) is 12.0 Å². The van der Waals surface area contributed by atoms with Crippen molar-refractivity contribution in [2.24, 2.45) is 0 Å². The predicted octanol–water partition coefficient (Wildman–Crippen LogP) is 3.71. The Morgan fingerprint density at radius 3 is 2.85 bits per heavy atom. The number of halogens is 1. The van der Waals surface area contributed by atoms with Crippen molar-refractivity contribution in [2.75, 3.05) is 32.5 Å². The molecule has 4 heterocycles. The molecule has 1 saturated heterocycles. The Hall–Kier alpha value is -4.03. The summed E-state index contributed by atoms with van der Waals surface area (Å²) < 4.78 is 37.1. The number of hydrogen-bond acceptors (Lipinski definition) is 9. The van der Waals surface area contributed by atoms with E-state index in [1.807, 2.05) is 31.2 Å². The number of carbonyl (C=O) groups excluding carboxylic acids is 2. The number of amides is 1. The van der Waals surface area contributed by atoms with Crippen molar-refractivity contribution in [3.05, 3.63) is 80.9 Å². The van der Waals surface area contributed by atoms with E-state index in [9.17, 15) is 14.4 Å². The van der Waals surface area contributed by atoms with Crippen molar-refractivity contribution in [2.45, 2.75) is 36.3 Å². The van der Waals surface area contributed by atoms with Crippen LogP contribution in [0.25, 0.3) is 11.3 Å². The van der Waals surface area contributed by atoms with Crippen LogP contribution in [0, 0.1) is 5.82 Å². The molecule has 2 atom stereocenters. The molecule has 40 heavy (non-hydrogen) atoms. The summed E-state index contributed by atoms with van der Waals surface area (Å²) in [6.07, 6.45) is -1.22. The van der Waals surface area contributed by atoms with Crippen LogP contribution >= 0.6 is 11.8 Å². The van der Waals surface area contributed by atoms with E-state index in [-0.39, 0.29) is 30.7 Å². The van der Waals surface area contributed by atoms with Gasteiger partial charge < -0.3 is 29.3 Å². The van der Waals surface area contributed by atoms with E-state index in [0.29, 0.717) is 23.4 Å². The Morgan fingerprint density at radius 1 is 1.20 bits per heavy atom. The summed E-state index contributed by atoms with van der Waals surface area (Å²) in [4.78, 5) is 41.5. The van der Waals surface area contributed by atoms with Crippen molar-refractivity contribution < 1.29 is 32.9 Å². The number of morpholine rings is 1. The average Bonchev–Trinajstić information content (AvgIpc) is 3.13. The molecular weight excluding hydrogens is 541 g/mol. The fourth-order valence-corrected chi connectivity index (χ4v) is 6.34. The summed E-state index contributed by atoms with van der Waals surface area (Å²) in [5.74, 6) is -0.665. The Bertz CT molecular complexity index is 1580. The summed E-state index contributed by atoms with van der Waals surface area (Å²) >= 11 is 1.63. The Labute approximate surface area is 232 Å². The monoisotopic (exact) mass is 567 g/mol. The number of aromatic nitrogens is 1. The summed E-state index contributed by atoms with van der Waals surface area (Å²) in [6, 6.07) is 12.2. The number of rotatable bonds is 4. The molecule has 0 saturated carbocycles. The number of thioether (sulfide) groups is 1. The maximum atomic E-state index is 15.1. The molecule has 12 heteroatoms. The van der Waals surface area contributed by atoms with Crippen LogP contribution in [0.15, 0.2) is 52.2 Å². The molecule has 0 spiro atoms. The lowest BCUT2D eigenvalue weighted by molar-refractivity contribution is -0.0438. The minimum Gasteiger partial charge on any atom is -0.451 e. The Morgan fingerprint density at radius 2 is 2.02 bits per heavy atom. The highest BCUT2D eigenvalue weighted by atomic mass is 32.2. The molecule has 0 radical (unpaired) electrons. The minimum absolute atomic E-state index is 0.0808. The third kappa shape index (κ3) is 4.66. The van der Waals surface area contributed by atoms with Gasteiger partial charge >= 0.3 is 6.16 Å². The Balaban J connectivity index is 1.52. The van der Waals surface area contributed by atoms with Gasteiger partial charge in [0.2, 0.25) is 18.0 Å². The van der Waals surface area contributed by atoms with Crippen LogP contribution in [-0.4, -0.2) is 61.0 Å². The summed E-state index contributed by atoms with van der Waals surface area (Å²) in [5.41, 5.74) is 6.13. The van der Waals surface area contributed by atoms with Crippen LogP contribution in [0.2, 0.25) is 0 Å². The van der Waals surface area contributed by atoms with Crippen LogP contribution in [0.4, 0.5) is 9.18 Å². The summed E-state index contributed by atoms with van der Waals surface area (Å²) in [5, 5.41) is 0. The molecule has 2 aromatic carbocycles. The highest BCUT2D eigenvalue weighted by Crippen LogP contribution is 2.39. The number of nitrogens with zero attached hydrogens (tertiary/aromatic N) is 2. The lowest BCUT2D eigenvalue weighted by Crippen LogP contribution is -2.61. The second kappa shape index (κ2) is 10.5. The third-order valence-electron chi connectivity index (χ3n) is 7.13. The van der Waals surface area contributed by atoms with E-state index in [1.165, 1.54) is 22.9 Å². The maximum Gasteiger partial charge on any atom is 0.510 e. The standard InChI is InChI=1S/C28H26FN3O7S/c1-15-11-31-24(12-37-15)30-32-21(10-22(33)26(25(32)27(31)34)38-14-39-28(35)36-2)20-9-18(29)7-17-13-40-23-6-4-3-5-16(23)8-19(17)20/h3-7,9-10,15,24,30H,8,11-14H2,1-2H3/t15-,24-/m0/s1. The van der Waals surface area contributed by atoms with E-state index in [1.54, 1.807) is 16.7 Å². The molecule has 1 aromatic heterocycles. The first-order chi connectivity index (χ1) is 19.3. The second-order valence-electron chi connectivity index (χ2n) is 9.68. The highest BCUT2D eigenvalue weighted by molar-refractivity contribution is 7.98. The summed E-state index contributed by atoms with van der Waals surface area (Å²) in [7, 11) is 1.14. The first-order valence-electron chi connectivity index (χ1n) is 12.7. The first kappa shape index (κ1) is 26.2. The quantitative estimate of drug-likeness (QED) is 0.373. The van der Waals surface area contributed by atoms with Crippen LogP contribution in [0.3, 0.4) is 0 Å². The normalized spacial score (nSPS) is 19.3. The van der Waals surface area contributed by atoms with Gasteiger partial charge in [0.25, 0.3) is 5.91 Å². The molecule has 6 rings (SSSR count). The first-order valence-corrected chi connectivity index (χ1v) is 13.7. The van der Waals surface area contributed by atoms with Crippen molar-refractivity contribution >= 4 is 23.8 Å². The van der Waals surface area contributed by atoms with Gasteiger partial charge in [-0.05, 0) is 48.2 Å². The molecule has 10 nitrogen and oxygen atoms in total. The van der Waals surface area contributed by atoms with Gasteiger partial charge in [0.15, 0.2) is 5.69 Å². The van der Waals surface area contributed by atoms with E-state index < -0.39 is 36.3 Å². The minimum atomic E-state index is -1.00. The number of pyridine rings is 1. The van der Waals surface area contributed by atoms with Gasteiger partial charge in [0, 0.05) is 28.8 Å². The zero-order valence-corrected chi connectivity index (χ0v) is 22.6. The van der Waals surface area contributed by atoms with Crippen molar-refractivity contribution in [1.82, 2.24) is 9.58 Å². The molecule has 1 N–H and O–H groups in total. The number of hydrogen-bond donors (Lipinski definition) is 1. The van der Waals surface area contributed by atoms with Crippen LogP contribution < -0.4 is 15.6 Å². The molecule has 0 bridgehead atoms. The van der Waals surface area contributed by atoms with Crippen molar-refractivity contribution in [3.63, 3.8) is 0 Å². The molecule has 208 valence electrons. The lowest BCUT2D eigenvalue weighted by atomic mass is 9.93. The number of ether oxygens (including phenoxy) is 4. The fraction of sp³-hybridized carbons (Fsp3) is 0.321. The maximum absolute atomic E-state index is 15.1. The molecular formula is C28H26FN3O7S. The number of fused-ring (bicyclic) bond motifs is 4. The van der Waals surface area contributed by atoms with Crippen molar-refractivity contribution in [3.8, 4) is 17.0 Å². The van der Waals surface area contributed by atoms with Crippen LogP contribution in [0.1, 0.15) is 34.1 Å². The largest absolute Gasteiger partial charge is 0.510 e. The lowest BCUT2D eigenvalue weighted by Gasteiger charge is -2.44. The zero-order valence-electron chi connectivity index (χ0n) is 21.8. The molecule has 3 aromatic rings. The Kier molecular flexibility index (Phi) is 6.88. The number of carbonyl (C=O) groups is 2. The van der Waals surface area contributed by atoms with E-state index in [0.717, 1.165) is 28.7 Å². The third-order valence-corrected chi connectivity index (χ3v) is 8.30. The number of benzene rings is 2. The van der Waals surface area contributed by atoms with Crippen LogP contribution in [0.5, 0.6) is 5.75 Å². The summed E-state index contributed by atoms with van der Waals surface area (Å²) in [6.45, 7) is 1.70. The second-order valence-corrected chi connectivity index (χ2v) is 10.7. The fourth-order valence-electron chi connectivity index (χ4n) is 5.27. The molecule has 3 aliphatic heterocycles. The number of nitrogens with one attached hydrogen (secondary N) is 1. The molecule has 1 amide bonds. The molecule has 0 aliphatic carbocycles. The number of methoxy groups -OCH3 is 1. The molecule has 0 unspecified atom stereocenters. The van der Waals surface area contributed by atoms with Crippen molar-refractivity contribution in [1.29, 1.82) is 0 Å². The zero-order chi connectivity index (χ0) is 28.0. The van der Waals surface area contributed by atoms with Gasteiger partial charge in [0.05, 0.1) is 25.5 Å². The van der Waals surface area contributed by atoms with E-state index >= 15 is 4.39 Å². The van der Waals surface area contributed by atoms with Gasteiger partial charge in [-0.3, -0.25) is 9.59 Å². The SMILES string of the molecule is COC(=O)OCOc1c2n(c(-c3cc(F)cc4c3Cc3ccccc3SC4)cc1=O)N[C@@H]1CO[C@@H](C)CN1C2=O. The predicted molar refractivity (Wildman–Crippen MR) is 143 cm³/mol. The molecule has 3 aliphatic rings. The van der Waals surface area contributed by atoms with Gasteiger partial charge in [-0.15, -0.1) is 11.8 Å². The van der Waals surface area contributed by atoms with E-state index in [2.05, 4.69) is 10.2 Å². The average molecular weight is 568 g/mol. The van der Waals surface area contributed by atoms with Crippen LogP contribution in [-0.2, 0) is 26.4 Å². The smallest absolute Gasteiger partial charge is 0.451 e. The van der Waals surface area contributed by atoms with Gasteiger partial charge in [-0.2, -0.15) is 0 Å². The molecule has 1 fully saturated rings. The highest BCUT2D eigenvalue weighted by Gasteiger charge is 2.40. The van der Waals surface area contributed by atoms with Gasteiger partial charge in [-0.25, -0.2) is 13.9 Å².